The fraction of sp³-hybridized carbons (Fsp3) is 0.667. The lowest BCUT2D eigenvalue weighted by Crippen LogP contribution is -2.50. The summed E-state index contributed by atoms with van der Waals surface area (Å²) in [4.78, 5) is 40.2. The summed E-state index contributed by atoms with van der Waals surface area (Å²) in [6.07, 6.45) is 9.62. The molecule has 8 heteroatoms. The molecule has 2 amide bonds. The molecule has 32 heavy (non-hydrogen) atoms. The highest BCUT2D eigenvalue weighted by Gasteiger charge is 2.32. The molecule has 174 valence electrons. The zero-order valence-electron chi connectivity index (χ0n) is 18.7. The summed E-state index contributed by atoms with van der Waals surface area (Å²) in [5, 5.41) is 14.3. The van der Waals surface area contributed by atoms with Crippen molar-refractivity contribution in [2.75, 3.05) is 26.2 Å². The number of likely N-dealkylation sites (tertiary alicyclic amines) is 2. The second kappa shape index (κ2) is 10.4. The number of nitrogens with one attached hydrogen (secondary N) is 1. The van der Waals surface area contributed by atoms with Gasteiger partial charge < -0.3 is 15.1 Å². The van der Waals surface area contributed by atoms with E-state index in [0.29, 0.717) is 30.7 Å². The monoisotopic (exact) mass is 442 g/mol. The molecule has 0 aromatic heterocycles. The van der Waals surface area contributed by atoms with Gasteiger partial charge in [0.25, 0.3) is 11.6 Å². The Hall–Kier alpha value is -2.48. The lowest BCUT2D eigenvalue weighted by Gasteiger charge is -2.41. The van der Waals surface area contributed by atoms with Crippen LogP contribution in [0.2, 0.25) is 0 Å². The number of rotatable bonds is 5. The van der Waals surface area contributed by atoms with Gasteiger partial charge in [-0.1, -0.05) is 25.3 Å². The van der Waals surface area contributed by atoms with E-state index in [9.17, 15) is 19.7 Å². The maximum atomic E-state index is 12.8. The molecule has 3 fully saturated rings. The zero-order chi connectivity index (χ0) is 22.5. The van der Waals surface area contributed by atoms with Crippen LogP contribution in [0, 0.1) is 16.0 Å². The average Bonchev–Trinajstić information content (AvgIpc) is 2.84. The number of hydrogen-bond acceptors (Lipinski definition) is 5. The molecule has 0 radical (unpaired) electrons. The van der Waals surface area contributed by atoms with Crippen molar-refractivity contribution >= 4 is 17.5 Å². The van der Waals surface area contributed by atoms with E-state index in [1.807, 2.05) is 0 Å². The van der Waals surface area contributed by atoms with Crippen molar-refractivity contribution in [1.29, 1.82) is 0 Å². The van der Waals surface area contributed by atoms with E-state index in [2.05, 4.69) is 10.2 Å². The van der Waals surface area contributed by atoms with Gasteiger partial charge in [0, 0.05) is 48.8 Å². The molecule has 1 aliphatic carbocycles. The highest BCUT2D eigenvalue weighted by Crippen LogP contribution is 2.26. The largest absolute Gasteiger partial charge is 0.353 e. The Kier molecular flexibility index (Phi) is 7.40. The van der Waals surface area contributed by atoms with Crippen LogP contribution in [0.15, 0.2) is 24.3 Å². The molecule has 8 nitrogen and oxygen atoms in total. The molecule has 3 aliphatic rings. The lowest BCUT2D eigenvalue weighted by molar-refractivity contribution is -0.384. The Morgan fingerprint density at radius 1 is 0.938 bits per heavy atom. The molecule has 1 saturated carbocycles. The molecule has 2 saturated heterocycles. The van der Waals surface area contributed by atoms with Gasteiger partial charge in [0.15, 0.2) is 0 Å². The second-order valence-corrected chi connectivity index (χ2v) is 9.48. The van der Waals surface area contributed by atoms with Crippen molar-refractivity contribution in [2.45, 2.75) is 69.9 Å². The van der Waals surface area contributed by atoms with Crippen LogP contribution in [0.3, 0.4) is 0 Å². The van der Waals surface area contributed by atoms with E-state index >= 15 is 0 Å². The van der Waals surface area contributed by atoms with E-state index in [1.54, 1.807) is 17.0 Å². The number of carbonyl (C=O) groups excluding carboxylic acids is 2. The van der Waals surface area contributed by atoms with E-state index in [0.717, 1.165) is 51.6 Å². The second-order valence-electron chi connectivity index (χ2n) is 9.48. The van der Waals surface area contributed by atoms with Gasteiger partial charge in [0.05, 0.1) is 4.92 Å². The minimum atomic E-state index is -0.470. The van der Waals surface area contributed by atoms with E-state index in [-0.39, 0.29) is 23.4 Å². The molecule has 0 bridgehead atoms. The topological polar surface area (TPSA) is 95.8 Å². The predicted octanol–water partition coefficient (Wildman–Crippen LogP) is 3.36. The number of non-ortho nitro benzene ring substituents is 1. The van der Waals surface area contributed by atoms with Crippen LogP contribution in [-0.2, 0) is 4.79 Å². The van der Waals surface area contributed by atoms with E-state index in [1.165, 1.54) is 31.4 Å². The molecular weight excluding hydrogens is 408 g/mol. The van der Waals surface area contributed by atoms with Crippen LogP contribution >= 0.6 is 0 Å². The maximum absolute atomic E-state index is 12.8. The van der Waals surface area contributed by atoms with Crippen molar-refractivity contribution < 1.29 is 14.5 Å². The van der Waals surface area contributed by atoms with Crippen LogP contribution in [0.1, 0.15) is 68.1 Å². The number of piperidine rings is 2. The number of hydrogen-bond donors (Lipinski definition) is 1. The molecule has 0 atom stereocenters. The number of nitro benzene ring substituents is 1. The third-order valence-corrected chi connectivity index (χ3v) is 7.42. The Morgan fingerprint density at radius 3 is 2.28 bits per heavy atom. The summed E-state index contributed by atoms with van der Waals surface area (Å²) in [5.41, 5.74) is 0.323. The first-order chi connectivity index (χ1) is 15.5. The zero-order valence-corrected chi connectivity index (χ0v) is 18.7. The molecule has 1 aromatic rings. The Morgan fingerprint density at radius 2 is 1.62 bits per heavy atom. The van der Waals surface area contributed by atoms with Gasteiger partial charge in [-0.05, 0) is 57.7 Å². The summed E-state index contributed by atoms with van der Waals surface area (Å²) < 4.78 is 0. The molecule has 1 N–H and O–H groups in total. The smallest absolute Gasteiger partial charge is 0.270 e. The summed E-state index contributed by atoms with van der Waals surface area (Å²) in [7, 11) is 0. The number of benzene rings is 1. The Labute approximate surface area is 189 Å². The molecule has 2 aliphatic heterocycles. The van der Waals surface area contributed by atoms with Crippen LogP contribution < -0.4 is 5.32 Å². The van der Waals surface area contributed by atoms with Gasteiger partial charge in [0.2, 0.25) is 5.91 Å². The van der Waals surface area contributed by atoms with Gasteiger partial charge in [-0.2, -0.15) is 0 Å². The molecule has 2 heterocycles. The van der Waals surface area contributed by atoms with Gasteiger partial charge in [-0.3, -0.25) is 19.7 Å². The highest BCUT2D eigenvalue weighted by molar-refractivity contribution is 5.94. The van der Waals surface area contributed by atoms with Gasteiger partial charge in [-0.15, -0.1) is 0 Å². The SMILES string of the molecule is O=C(NC1CCCCC1)C1CCN(C2CCN(C(=O)c3cccc([N+](=O)[O-])c3)CC2)CC1. The molecule has 0 unspecified atom stereocenters. The first-order valence-corrected chi connectivity index (χ1v) is 12.1. The predicted molar refractivity (Wildman–Crippen MR) is 121 cm³/mol. The number of nitro groups is 1. The fourth-order valence-electron chi connectivity index (χ4n) is 5.46. The summed E-state index contributed by atoms with van der Waals surface area (Å²) in [6, 6.07) is 6.78. The third-order valence-electron chi connectivity index (χ3n) is 7.42. The molecule has 4 rings (SSSR count). The van der Waals surface area contributed by atoms with Crippen LogP contribution in [-0.4, -0.2) is 64.8 Å². The normalized spacial score (nSPS) is 21.9. The van der Waals surface area contributed by atoms with Crippen LogP contribution in [0.25, 0.3) is 0 Å². The lowest BCUT2D eigenvalue weighted by atomic mass is 9.91. The highest BCUT2D eigenvalue weighted by atomic mass is 16.6. The van der Waals surface area contributed by atoms with E-state index in [4.69, 9.17) is 0 Å². The van der Waals surface area contributed by atoms with Gasteiger partial charge in [0.1, 0.15) is 0 Å². The quantitative estimate of drug-likeness (QED) is 0.557. The van der Waals surface area contributed by atoms with Crippen molar-refractivity contribution in [3.05, 3.63) is 39.9 Å². The van der Waals surface area contributed by atoms with Crippen molar-refractivity contribution in [2.24, 2.45) is 5.92 Å². The van der Waals surface area contributed by atoms with Crippen molar-refractivity contribution in [3.8, 4) is 0 Å². The van der Waals surface area contributed by atoms with Crippen LogP contribution in [0.5, 0.6) is 0 Å². The third kappa shape index (κ3) is 5.46. The minimum Gasteiger partial charge on any atom is -0.353 e. The standard InChI is InChI=1S/C24H34N4O4/c29-23(25-20-6-2-1-3-7-20)18-9-13-26(14-10-18)21-11-15-27(16-12-21)24(30)19-5-4-8-22(17-19)28(31)32/h4-5,8,17-18,20-21H,1-3,6-7,9-16H2,(H,25,29). The summed E-state index contributed by atoms with van der Waals surface area (Å²) >= 11 is 0. The van der Waals surface area contributed by atoms with Crippen molar-refractivity contribution in [3.63, 3.8) is 0 Å². The molecular formula is C24H34N4O4. The van der Waals surface area contributed by atoms with E-state index < -0.39 is 4.92 Å². The number of amides is 2. The van der Waals surface area contributed by atoms with Crippen LogP contribution in [0.4, 0.5) is 5.69 Å². The number of nitrogens with zero attached hydrogens (tertiary/aromatic N) is 3. The number of carbonyl (C=O) groups is 2. The Balaban J connectivity index is 1.22. The summed E-state index contributed by atoms with van der Waals surface area (Å²) in [6.45, 7) is 3.20. The first-order valence-electron chi connectivity index (χ1n) is 12.1. The summed E-state index contributed by atoms with van der Waals surface area (Å²) in [5.74, 6) is 0.239. The Bertz CT molecular complexity index is 823. The average molecular weight is 443 g/mol. The van der Waals surface area contributed by atoms with Crippen molar-refractivity contribution in [1.82, 2.24) is 15.1 Å². The maximum Gasteiger partial charge on any atom is 0.270 e. The molecule has 1 aromatic carbocycles. The van der Waals surface area contributed by atoms with Gasteiger partial charge >= 0.3 is 0 Å². The fourth-order valence-corrected chi connectivity index (χ4v) is 5.46. The van der Waals surface area contributed by atoms with Gasteiger partial charge in [-0.25, -0.2) is 0 Å². The minimum absolute atomic E-state index is 0.0545. The first kappa shape index (κ1) is 22.7. The molecule has 0 spiro atoms.